The first-order valence-corrected chi connectivity index (χ1v) is 9.33. The summed E-state index contributed by atoms with van der Waals surface area (Å²) in [5.74, 6) is 0.661. The summed E-state index contributed by atoms with van der Waals surface area (Å²) in [5.41, 5.74) is 3.42. The van der Waals surface area contributed by atoms with E-state index in [0.717, 1.165) is 18.7 Å². The van der Waals surface area contributed by atoms with Crippen LogP contribution >= 0.6 is 0 Å². The summed E-state index contributed by atoms with van der Waals surface area (Å²) < 4.78 is 2.11. The molecule has 0 spiro atoms. The van der Waals surface area contributed by atoms with Crippen LogP contribution in [0, 0.1) is 0 Å². The molecule has 0 atom stereocenters. The standard InChI is InChI=1S/C20H27N3O2/c1-3-11-23-18(14-7-5-6-8-14)13-17(22-23)16-10-9-15(12-19(16)24)21-20(25)4-2/h9-10,12-14,24H,3-8,11H2,1-2H3,(H,21,25). The van der Waals surface area contributed by atoms with Gasteiger partial charge in [0, 0.05) is 41.9 Å². The molecule has 5 nitrogen and oxygen atoms in total. The maximum atomic E-state index is 11.5. The lowest BCUT2D eigenvalue weighted by atomic mass is 10.0. The normalized spacial score (nSPS) is 14.8. The number of anilines is 1. The number of aryl methyl sites for hydroxylation is 1. The topological polar surface area (TPSA) is 67.2 Å². The Bertz CT molecular complexity index is 745. The summed E-state index contributed by atoms with van der Waals surface area (Å²) in [6, 6.07) is 7.37. The van der Waals surface area contributed by atoms with E-state index in [1.54, 1.807) is 13.0 Å². The second-order valence-corrected chi connectivity index (χ2v) is 6.79. The number of phenolic OH excluding ortho intramolecular Hbond substituents is 1. The Hall–Kier alpha value is -2.30. The molecule has 1 aromatic heterocycles. The number of benzene rings is 1. The van der Waals surface area contributed by atoms with E-state index in [9.17, 15) is 9.90 Å². The Morgan fingerprint density at radius 1 is 1.28 bits per heavy atom. The highest BCUT2D eigenvalue weighted by Gasteiger charge is 2.23. The van der Waals surface area contributed by atoms with E-state index in [-0.39, 0.29) is 11.7 Å². The Morgan fingerprint density at radius 2 is 2.04 bits per heavy atom. The average Bonchev–Trinajstić information content (AvgIpc) is 3.24. The highest BCUT2D eigenvalue weighted by molar-refractivity contribution is 5.91. The lowest BCUT2D eigenvalue weighted by Crippen LogP contribution is -2.09. The van der Waals surface area contributed by atoms with Gasteiger partial charge in [-0.2, -0.15) is 5.10 Å². The van der Waals surface area contributed by atoms with Crippen LogP contribution < -0.4 is 5.32 Å². The van der Waals surface area contributed by atoms with Crippen molar-refractivity contribution in [2.24, 2.45) is 0 Å². The zero-order valence-corrected chi connectivity index (χ0v) is 15.1. The molecule has 1 amide bonds. The fraction of sp³-hybridized carbons (Fsp3) is 0.500. The Balaban J connectivity index is 1.90. The van der Waals surface area contributed by atoms with Crippen molar-refractivity contribution in [2.45, 2.75) is 64.8 Å². The summed E-state index contributed by atoms with van der Waals surface area (Å²) in [5, 5.41) is 17.9. The molecule has 5 heteroatoms. The van der Waals surface area contributed by atoms with Crippen molar-refractivity contribution in [1.29, 1.82) is 0 Å². The second-order valence-electron chi connectivity index (χ2n) is 6.79. The van der Waals surface area contributed by atoms with Crippen LogP contribution in [0.1, 0.15) is 64.0 Å². The number of hydrogen-bond acceptors (Lipinski definition) is 3. The highest BCUT2D eigenvalue weighted by atomic mass is 16.3. The number of nitrogens with zero attached hydrogens (tertiary/aromatic N) is 2. The van der Waals surface area contributed by atoms with E-state index in [2.05, 4.69) is 23.0 Å². The number of aromatic nitrogens is 2. The van der Waals surface area contributed by atoms with Gasteiger partial charge in [-0.05, 0) is 37.5 Å². The molecule has 1 fully saturated rings. The Kier molecular flexibility index (Phi) is 5.41. The third-order valence-corrected chi connectivity index (χ3v) is 4.90. The zero-order valence-electron chi connectivity index (χ0n) is 15.1. The van der Waals surface area contributed by atoms with Gasteiger partial charge in [0.15, 0.2) is 0 Å². The molecule has 1 aliphatic rings. The van der Waals surface area contributed by atoms with Gasteiger partial charge in [0.1, 0.15) is 5.75 Å². The van der Waals surface area contributed by atoms with Crippen molar-refractivity contribution in [3.63, 3.8) is 0 Å². The number of nitrogens with one attached hydrogen (secondary N) is 1. The summed E-state index contributed by atoms with van der Waals surface area (Å²) >= 11 is 0. The summed E-state index contributed by atoms with van der Waals surface area (Å²) in [6.45, 7) is 4.86. The van der Waals surface area contributed by atoms with Crippen LogP contribution in [0.25, 0.3) is 11.3 Å². The van der Waals surface area contributed by atoms with E-state index in [0.29, 0.717) is 23.6 Å². The third-order valence-electron chi connectivity index (χ3n) is 4.90. The molecule has 0 aliphatic heterocycles. The molecule has 134 valence electrons. The number of hydrogen-bond donors (Lipinski definition) is 2. The smallest absolute Gasteiger partial charge is 0.224 e. The van der Waals surface area contributed by atoms with Gasteiger partial charge in [-0.15, -0.1) is 0 Å². The maximum Gasteiger partial charge on any atom is 0.224 e. The van der Waals surface area contributed by atoms with Gasteiger partial charge in [0.2, 0.25) is 5.91 Å². The molecule has 2 aromatic rings. The van der Waals surface area contributed by atoms with Crippen molar-refractivity contribution in [3.05, 3.63) is 30.0 Å². The summed E-state index contributed by atoms with van der Waals surface area (Å²) in [6.07, 6.45) is 6.47. The fourth-order valence-corrected chi connectivity index (χ4v) is 3.58. The largest absolute Gasteiger partial charge is 0.507 e. The Labute approximate surface area is 149 Å². The number of carbonyl (C=O) groups is 1. The molecule has 0 unspecified atom stereocenters. The molecule has 0 bridgehead atoms. The molecule has 1 saturated carbocycles. The van der Waals surface area contributed by atoms with E-state index < -0.39 is 0 Å². The van der Waals surface area contributed by atoms with E-state index in [4.69, 9.17) is 5.10 Å². The van der Waals surface area contributed by atoms with Crippen molar-refractivity contribution in [1.82, 2.24) is 9.78 Å². The lowest BCUT2D eigenvalue weighted by molar-refractivity contribution is -0.115. The van der Waals surface area contributed by atoms with Gasteiger partial charge in [0.25, 0.3) is 0 Å². The van der Waals surface area contributed by atoms with Crippen molar-refractivity contribution in [2.75, 3.05) is 5.32 Å². The minimum Gasteiger partial charge on any atom is -0.507 e. The lowest BCUT2D eigenvalue weighted by Gasteiger charge is -2.11. The molecule has 0 saturated heterocycles. The molecule has 1 aliphatic carbocycles. The van der Waals surface area contributed by atoms with Crippen LogP contribution in [0.4, 0.5) is 5.69 Å². The van der Waals surface area contributed by atoms with Crippen LogP contribution in [0.5, 0.6) is 5.75 Å². The predicted molar refractivity (Wildman–Crippen MR) is 99.7 cm³/mol. The number of rotatable bonds is 6. The molecule has 3 rings (SSSR count). The molecular formula is C20H27N3O2. The average molecular weight is 341 g/mol. The van der Waals surface area contributed by atoms with Crippen LogP contribution in [-0.2, 0) is 11.3 Å². The van der Waals surface area contributed by atoms with Crippen LogP contribution in [0.2, 0.25) is 0 Å². The van der Waals surface area contributed by atoms with Gasteiger partial charge in [-0.25, -0.2) is 0 Å². The molecule has 0 radical (unpaired) electrons. The van der Waals surface area contributed by atoms with Crippen molar-refractivity contribution >= 4 is 11.6 Å². The number of carbonyl (C=O) groups excluding carboxylic acids is 1. The SMILES string of the molecule is CCCn1nc(-c2ccc(NC(=O)CC)cc2O)cc1C1CCCC1. The first-order valence-electron chi connectivity index (χ1n) is 9.33. The first kappa shape index (κ1) is 17.5. The van der Waals surface area contributed by atoms with Crippen LogP contribution in [0.15, 0.2) is 24.3 Å². The van der Waals surface area contributed by atoms with Crippen LogP contribution in [-0.4, -0.2) is 20.8 Å². The molecule has 2 N–H and O–H groups in total. The minimum absolute atomic E-state index is 0.0668. The summed E-state index contributed by atoms with van der Waals surface area (Å²) in [4.78, 5) is 11.5. The summed E-state index contributed by atoms with van der Waals surface area (Å²) in [7, 11) is 0. The van der Waals surface area contributed by atoms with Crippen molar-refractivity contribution < 1.29 is 9.90 Å². The number of amides is 1. The first-order chi connectivity index (χ1) is 12.1. The maximum absolute atomic E-state index is 11.5. The number of aromatic hydroxyl groups is 1. The van der Waals surface area contributed by atoms with Gasteiger partial charge in [-0.3, -0.25) is 9.48 Å². The second kappa shape index (κ2) is 7.72. The van der Waals surface area contributed by atoms with Gasteiger partial charge >= 0.3 is 0 Å². The van der Waals surface area contributed by atoms with Gasteiger partial charge in [0.05, 0.1) is 5.69 Å². The molecule has 25 heavy (non-hydrogen) atoms. The zero-order chi connectivity index (χ0) is 17.8. The molecule has 1 heterocycles. The third kappa shape index (κ3) is 3.86. The number of phenols is 1. The Morgan fingerprint density at radius 3 is 2.68 bits per heavy atom. The highest BCUT2D eigenvalue weighted by Crippen LogP contribution is 2.38. The molecular weight excluding hydrogens is 314 g/mol. The molecule has 1 aromatic carbocycles. The van der Waals surface area contributed by atoms with Gasteiger partial charge < -0.3 is 10.4 Å². The fourth-order valence-electron chi connectivity index (χ4n) is 3.58. The van der Waals surface area contributed by atoms with Crippen LogP contribution in [0.3, 0.4) is 0 Å². The quantitative estimate of drug-likeness (QED) is 0.802. The van der Waals surface area contributed by atoms with Gasteiger partial charge in [-0.1, -0.05) is 26.7 Å². The predicted octanol–water partition coefficient (Wildman–Crippen LogP) is 4.67. The van der Waals surface area contributed by atoms with E-state index in [1.807, 2.05) is 12.1 Å². The monoisotopic (exact) mass is 341 g/mol. The van der Waals surface area contributed by atoms with E-state index in [1.165, 1.54) is 31.4 Å². The van der Waals surface area contributed by atoms with E-state index >= 15 is 0 Å². The van der Waals surface area contributed by atoms with Crippen molar-refractivity contribution in [3.8, 4) is 17.0 Å². The minimum atomic E-state index is -0.0668.